The third kappa shape index (κ3) is 2.93. The van der Waals surface area contributed by atoms with E-state index in [-0.39, 0.29) is 5.78 Å². The largest absolute Gasteiger partial charge is 0.344 e. The van der Waals surface area contributed by atoms with Crippen molar-refractivity contribution in [1.29, 1.82) is 0 Å². The van der Waals surface area contributed by atoms with E-state index in [1.165, 1.54) is 0 Å². The molecule has 0 unspecified atom stereocenters. The number of fused-ring (bicyclic) bond motifs is 1. The van der Waals surface area contributed by atoms with E-state index in [4.69, 9.17) is 0 Å². The van der Waals surface area contributed by atoms with E-state index in [9.17, 15) is 14.4 Å². The van der Waals surface area contributed by atoms with Crippen LogP contribution >= 0.6 is 0 Å². The number of carbonyl (C=O) groups is 1. The van der Waals surface area contributed by atoms with Crippen LogP contribution < -0.4 is 16.6 Å². The van der Waals surface area contributed by atoms with E-state index in [1.807, 2.05) is 54.6 Å². The first kappa shape index (κ1) is 17.4. The molecule has 2 aromatic carbocycles. The first-order chi connectivity index (χ1) is 14.1. The highest BCUT2D eigenvalue weighted by Crippen LogP contribution is 2.43. The number of carbonyl (C=O) groups excluding carboxylic acids is 1. The van der Waals surface area contributed by atoms with Crippen LogP contribution in [0.3, 0.4) is 0 Å². The summed E-state index contributed by atoms with van der Waals surface area (Å²) in [5.74, 6) is -0.0732. The quantitative estimate of drug-likeness (QED) is 0.631. The molecule has 1 aliphatic heterocycles. The average Bonchev–Trinajstić information content (AvgIpc) is 2.73. The summed E-state index contributed by atoms with van der Waals surface area (Å²) >= 11 is 0. The van der Waals surface area contributed by atoms with Gasteiger partial charge in [0, 0.05) is 23.6 Å². The maximum atomic E-state index is 12.8. The number of nitrogens with one attached hydrogen (secondary N) is 3. The van der Waals surface area contributed by atoms with Crippen LogP contribution in [0, 0.1) is 0 Å². The lowest BCUT2D eigenvalue weighted by Crippen LogP contribution is -2.36. The molecule has 0 saturated heterocycles. The molecule has 6 heteroatoms. The molecule has 2 heterocycles. The van der Waals surface area contributed by atoms with Gasteiger partial charge in [-0.05, 0) is 29.5 Å². The van der Waals surface area contributed by atoms with Gasteiger partial charge in [0.1, 0.15) is 5.82 Å². The number of rotatable bonds is 2. The smallest absolute Gasteiger partial charge is 0.327 e. The van der Waals surface area contributed by atoms with Gasteiger partial charge in [0.25, 0.3) is 5.56 Å². The SMILES string of the molecule is O=C1CCCC2=C1[C@@H](c1ccc(-c3ccccc3)cc1)c1c([nH]c(=O)[nH]c1=O)N2. The third-order valence-corrected chi connectivity index (χ3v) is 5.64. The Labute approximate surface area is 166 Å². The lowest BCUT2D eigenvalue weighted by Gasteiger charge is -2.32. The Morgan fingerprint density at radius 2 is 1.52 bits per heavy atom. The summed E-state index contributed by atoms with van der Waals surface area (Å²) in [4.78, 5) is 42.3. The van der Waals surface area contributed by atoms with Gasteiger partial charge in [-0.3, -0.25) is 19.6 Å². The van der Waals surface area contributed by atoms with Crippen LogP contribution in [-0.2, 0) is 4.79 Å². The summed E-state index contributed by atoms with van der Waals surface area (Å²) in [5.41, 5.74) is 3.78. The van der Waals surface area contributed by atoms with Crippen LogP contribution in [0.4, 0.5) is 5.82 Å². The molecular formula is C23H19N3O3. The van der Waals surface area contributed by atoms with E-state index in [0.717, 1.165) is 28.8 Å². The molecule has 1 aliphatic carbocycles. The van der Waals surface area contributed by atoms with Gasteiger partial charge >= 0.3 is 5.69 Å². The fourth-order valence-corrected chi connectivity index (χ4v) is 4.33. The average molecular weight is 385 g/mol. The minimum Gasteiger partial charge on any atom is -0.344 e. The van der Waals surface area contributed by atoms with Crippen LogP contribution in [0.15, 0.2) is 75.5 Å². The lowest BCUT2D eigenvalue weighted by molar-refractivity contribution is -0.116. The number of ketones is 1. The predicted octanol–water partition coefficient (Wildman–Crippen LogP) is 3.29. The van der Waals surface area contributed by atoms with Gasteiger partial charge in [0.2, 0.25) is 0 Å². The fourth-order valence-electron chi connectivity index (χ4n) is 4.33. The Morgan fingerprint density at radius 1 is 0.793 bits per heavy atom. The molecule has 0 amide bonds. The number of aromatic amines is 2. The van der Waals surface area contributed by atoms with E-state index in [0.29, 0.717) is 29.8 Å². The zero-order chi connectivity index (χ0) is 20.0. The second-order valence-electron chi connectivity index (χ2n) is 7.41. The van der Waals surface area contributed by atoms with Crippen LogP contribution in [0.5, 0.6) is 0 Å². The van der Waals surface area contributed by atoms with Crippen molar-refractivity contribution in [3.63, 3.8) is 0 Å². The molecule has 0 saturated carbocycles. The molecule has 144 valence electrons. The zero-order valence-corrected chi connectivity index (χ0v) is 15.6. The molecule has 6 nitrogen and oxygen atoms in total. The second-order valence-corrected chi connectivity index (χ2v) is 7.41. The predicted molar refractivity (Wildman–Crippen MR) is 111 cm³/mol. The Balaban J connectivity index is 1.68. The summed E-state index contributed by atoms with van der Waals surface area (Å²) in [6.07, 6.45) is 1.94. The fraction of sp³-hybridized carbons (Fsp3) is 0.174. The molecule has 5 rings (SSSR count). The normalized spacial score (nSPS) is 18.1. The monoisotopic (exact) mass is 385 g/mol. The summed E-state index contributed by atoms with van der Waals surface area (Å²) < 4.78 is 0. The zero-order valence-electron chi connectivity index (χ0n) is 15.6. The molecule has 3 N–H and O–H groups in total. The summed E-state index contributed by atoms with van der Waals surface area (Å²) in [7, 11) is 0. The molecule has 0 bridgehead atoms. The van der Waals surface area contributed by atoms with Crippen molar-refractivity contribution in [1.82, 2.24) is 9.97 Å². The highest BCUT2D eigenvalue weighted by atomic mass is 16.2. The molecule has 1 atom stereocenters. The van der Waals surface area contributed by atoms with Crippen LogP contribution in [0.25, 0.3) is 11.1 Å². The van der Waals surface area contributed by atoms with Crippen molar-refractivity contribution in [3.8, 4) is 11.1 Å². The minimum atomic E-state index is -0.564. The van der Waals surface area contributed by atoms with Crippen molar-refractivity contribution >= 4 is 11.6 Å². The topological polar surface area (TPSA) is 94.8 Å². The van der Waals surface area contributed by atoms with Crippen molar-refractivity contribution in [3.05, 3.63) is 97.8 Å². The molecule has 29 heavy (non-hydrogen) atoms. The number of benzene rings is 2. The molecule has 0 fully saturated rings. The number of aromatic nitrogens is 2. The number of allylic oxidation sites excluding steroid dienone is 2. The Morgan fingerprint density at radius 3 is 2.28 bits per heavy atom. The summed E-state index contributed by atoms with van der Waals surface area (Å²) in [5, 5.41) is 3.13. The van der Waals surface area contributed by atoms with Gasteiger partial charge in [0.15, 0.2) is 5.78 Å². The van der Waals surface area contributed by atoms with Gasteiger partial charge < -0.3 is 5.32 Å². The van der Waals surface area contributed by atoms with Gasteiger partial charge in [-0.1, -0.05) is 54.6 Å². The Hall–Kier alpha value is -3.67. The standard InChI is InChI=1S/C23H19N3O3/c27-17-8-4-7-16-19(17)18(20-21(24-16)25-23(29)26-22(20)28)15-11-9-14(10-12-15)13-5-2-1-3-6-13/h1-3,5-6,9-12,18H,4,7-8H2,(H3,24,25,26,28,29)/t18-/m1/s1. The van der Waals surface area contributed by atoms with Gasteiger partial charge in [0.05, 0.1) is 5.56 Å². The lowest BCUT2D eigenvalue weighted by atomic mass is 9.76. The van der Waals surface area contributed by atoms with Crippen molar-refractivity contribution in [2.45, 2.75) is 25.2 Å². The molecule has 1 aromatic heterocycles. The van der Waals surface area contributed by atoms with E-state index in [1.54, 1.807) is 0 Å². The third-order valence-electron chi connectivity index (χ3n) is 5.64. The van der Waals surface area contributed by atoms with Crippen molar-refractivity contribution in [2.75, 3.05) is 5.32 Å². The first-order valence-electron chi connectivity index (χ1n) is 9.67. The van der Waals surface area contributed by atoms with Gasteiger partial charge in [-0.2, -0.15) is 0 Å². The van der Waals surface area contributed by atoms with Gasteiger partial charge in [-0.25, -0.2) is 4.79 Å². The first-order valence-corrected chi connectivity index (χ1v) is 9.67. The number of hydrogen-bond acceptors (Lipinski definition) is 4. The summed E-state index contributed by atoms with van der Waals surface area (Å²) in [6.45, 7) is 0. The van der Waals surface area contributed by atoms with Crippen molar-refractivity contribution < 1.29 is 4.79 Å². The number of hydrogen-bond donors (Lipinski definition) is 3. The molecular weight excluding hydrogens is 366 g/mol. The number of anilines is 1. The maximum absolute atomic E-state index is 12.8. The Kier molecular flexibility index (Phi) is 4.05. The molecule has 0 spiro atoms. The molecule has 3 aromatic rings. The highest BCUT2D eigenvalue weighted by molar-refractivity contribution is 6.00. The minimum absolute atomic E-state index is 0.0483. The van der Waals surface area contributed by atoms with E-state index in [2.05, 4.69) is 15.3 Å². The number of Topliss-reactive ketones (excluding diaryl/α,β-unsaturated/α-hetero) is 1. The summed E-state index contributed by atoms with van der Waals surface area (Å²) in [6, 6.07) is 17.9. The van der Waals surface area contributed by atoms with E-state index < -0.39 is 17.2 Å². The van der Waals surface area contributed by atoms with Crippen molar-refractivity contribution in [2.24, 2.45) is 0 Å². The maximum Gasteiger partial charge on any atom is 0.327 e. The second kappa shape index (κ2) is 6.74. The van der Waals surface area contributed by atoms with Crippen LogP contribution in [-0.4, -0.2) is 15.8 Å². The molecule has 2 aliphatic rings. The van der Waals surface area contributed by atoms with Crippen LogP contribution in [0.1, 0.15) is 36.3 Å². The van der Waals surface area contributed by atoms with Gasteiger partial charge in [-0.15, -0.1) is 0 Å². The van der Waals surface area contributed by atoms with Crippen LogP contribution in [0.2, 0.25) is 0 Å². The highest BCUT2D eigenvalue weighted by Gasteiger charge is 2.37. The van der Waals surface area contributed by atoms with E-state index >= 15 is 0 Å². The Bertz CT molecular complexity index is 1250. The number of H-pyrrole nitrogens is 2. The molecule has 0 radical (unpaired) electrons.